The van der Waals surface area contributed by atoms with Crippen LogP contribution < -0.4 is 10.4 Å². The molecule has 0 radical (unpaired) electrons. The predicted octanol–water partition coefficient (Wildman–Crippen LogP) is -1.50. The highest BCUT2D eigenvalue weighted by Gasteiger charge is 2.12. The van der Waals surface area contributed by atoms with Gasteiger partial charge in [-0.3, -0.25) is 0 Å². The van der Waals surface area contributed by atoms with Crippen LogP contribution in [0.1, 0.15) is 12.8 Å². The van der Waals surface area contributed by atoms with Crippen LogP contribution in [0.2, 0.25) is 0 Å². The zero-order chi connectivity index (χ0) is 8.10. The van der Waals surface area contributed by atoms with Gasteiger partial charge in [0.2, 0.25) is 0 Å². The van der Waals surface area contributed by atoms with Crippen LogP contribution in [-0.2, 0) is 9.53 Å². The molecule has 0 aromatic rings. The lowest BCUT2D eigenvalue weighted by Gasteiger charge is -2.22. The molecule has 1 aliphatic heterocycles. The zero-order valence-corrected chi connectivity index (χ0v) is 6.34. The zero-order valence-electron chi connectivity index (χ0n) is 6.34. The molecule has 0 aliphatic carbocycles. The van der Waals surface area contributed by atoms with E-state index in [2.05, 4.69) is 5.32 Å². The molecule has 4 heteroatoms. The molecular weight excluding hydrogens is 146 g/mol. The first-order chi connectivity index (χ1) is 5.29. The SMILES string of the molecule is O=C([O-])COC1CCNCC1. The summed E-state index contributed by atoms with van der Waals surface area (Å²) in [5.41, 5.74) is 0. The Morgan fingerprint density at radius 1 is 1.55 bits per heavy atom. The molecule has 0 aromatic carbocycles. The first-order valence-electron chi connectivity index (χ1n) is 3.81. The molecule has 0 spiro atoms. The number of carboxylic acids is 1. The van der Waals surface area contributed by atoms with Crippen molar-refractivity contribution in [2.24, 2.45) is 0 Å². The maximum atomic E-state index is 9.99. The van der Waals surface area contributed by atoms with Crippen molar-refractivity contribution in [1.82, 2.24) is 5.32 Å². The fraction of sp³-hybridized carbons (Fsp3) is 0.857. The summed E-state index contributed by atoms with van der Waals surface area (Å²) in [4.78, 5) is 9.99. The van der Waals surface area contributed by atoms with Gasteiger partial charge in [-0.25, -0.2) is 0 Å². The van der Waals surface area contributed by atoms with E-state index in [1.165, 1.54) is 0 Å². The molecule has 0 bridgehead atoms. The molecule has 1 heterocycles. The quantitative estimate of drug-likeness (QED) is 0.543. The van der Waals surface area contributed by atoms with Crippen LogP contribution in [0.15, 0.2) is 0 Å². The molecule has 0 atom stereocenters. The fourth-order valence-corrected chi connectivity index (χ4v) is 1.15. The van der Waals surface area contributed by atoms with Crippen molar-refractivity contribution in [1.29, 1.82) is 0 Å². The van der Waals surface area contributed by atoms with E-state index in [0.29, 0.717) is 0 Å². The van der Waals surface area contributed by atoms with Gasteiger partial charge in [-0.2, -0.15) is 0 Å². The summed E-state index contributed by atoms with van der Waals surface area (Å²) >= 11 is 0. The molecular formula is C7H12NO3-. The molecule has 1 aliphatic rings. The molecule has 0 unspecified atom stereocenters. The summed E-state index contributed by atoms with van der Waals surface area (Å²) in [6.07, 6.45) is 1.90. The van der Waals surface area contributed by atoms with Crippen LogP contribution >= 0.6 is 0 Å². The Morgan fingerprint density at radius 3 is 2.73 bits per heavy atom. The molecule has 0 saturated carbocycles. The first-order valence-corrected chi connectivity index (χ1v) is 3.81. The van der Waals surface area contributed by atoms with E-state index in [0.717, 1.165) is 25.9 Å². The average molecular weight is 158 g/mol. The Kier molecular flexibility index (Phi) is 3.32. The number of nitrogens with one attached hydrogen (secondary N) is 1. The van der Waals surface area contributed by atoms with Gasteiger partial charge in [0.15, 0.2) is 0 Å². The molecule has 4 nitrogen and oxygen atoms in total. The predicted molar refractivity (Wildman–Crippen MR) is 36.9 cm³/mol. The van der Waals surface area contributed by atoms with Crippen molar-refractivity contribution in [2.75, 3.05) is 19.7 Å². The van der Waals surface area contributed by atoms with Gasteiger partial charge >= 0.3 is 0 Å². The van der Waals surface area contributed by atoms with Gasteiger partial charge in [0, 0.05) is 0 Å². The van der Waals surface area contributed by atoms with Gasteiger partial charge in [0.1, 0.15) is 0 Å². The highest BCUT2D eigenvalue weighted by atomic mass is 16.5. The first kappa shape index (κ1) is 8.49. The number of aliphatic carboxylic acids is 1. The van der Waals surface area contributed by atoms with Gasteiger partial charge in [-0.15, -0.1) is 0 Å². The van der Waals surface area contributed by atoms with Gasteiger partial charge in [-0.1, -0.05) is 0 Å². The summed E-state index contributed by atoms with van der Waals surface area (Å²) in [5, 5.41) is 13.1. The molecule has 1 saturated heterocycles. The van der Waals surface area contributed by atoms with Gasteiger partial charge < -0.3 is 20.0 Å². The third-order valence-corrected chi connectivity index (χ3v) is 1.72. The summed E-state index contributed by atoms with van der Waals surface area (Å²) in [7, 11) is 0. The number of hydrogen-bond donors (Lipinski definition) is 1. The average Bonchev–Trinajstić information content (AvgIpc) is 2.03. The number of ether oxygens (including phenoxy) is 1. The van der Waals surface area contributed by atoms with Gasteiger partial charge in [0.25, 0.3) is 0 Å². The van der Waals surface area contributed by atoms with Gasteiger partial charge in [0.05, 0.1) is 18.7 Å². The minimum absolute atomic E-state index is 0.106. The molecule has 1 N–H and O–H groups in total. The van der Waals surface area contributed by atoms with Crippen molar-refractivity contribution in [3.63, 3.8) is 0 Å². The molecule has 0 amide bonds. The van der Waals surface area contributed by atoms with Crippen LogP contribution in [0, 0.1) is 0 Å². The summed E-state index contributed by atoms with van der Waals surface area (Å²) in [5.74, 6) is -1.14. The largest absolute Gasteiger partial charge is 0.548 e. The van der Waals surface area contributed by atoms with Crippen molar-refractivity contribution >= 4 is 5.97 Å². The second kappa shape index (κ2) is 4.31. The number of carboxylic acid groups (broad SMARTS) is 1. The Bertz CT molecular complexity index is 132. The topological polar surface area (TPSA) is 61.4 Å². The fourth-order valence-electron chi connectivity index (χ4n) is 1.15. The summed E-state index contributed by atoms with van der Waals surface area (Å²) < 4.78 is 5.04. The summed E-state index contributed by atoms with van der Waals surface area (Å²) in [6.45, 7) is 1.56. The van der Waals surface area contributed by atoms with E-state index in [-0.39, 0.29) is 12.7 Å². The number of hydrogen-bond acceptors (Lipinski definition) is 4. The molecule has 64 valence electrons. The van der Waals surface area contributed by atoms with Crippen LogP contribution in [0.5, 0.6) is 0 Å². The second-order valence-corrected chi connectivity index (χ2v) is 2.63. The lowest BCUT2D eigenvalue weighted by Crippen LogP contribution is -2.36. The van der Waals surface area contributed by atoms with E-state index in [1.807, 2.05) is 0 Å². The standard InChI is InChI=1S/C7H13NO3/c9-7(10)5-11-6-1-3-8-4-2-6/h6,8H,1-5H2,(H,9,10)/p-1. The minimum Gasteiger partial charge on any atom is -0.548 e. The molecule has 11 heavy (non-hydrogen) atoms. The monoisotopic (exact) mass is 158 g/mol. The molecule has 0 aromatic heterocycles. The number of piperidine rings is 1. The van der Waals surface area contributed by atoms with Crippen LogP contribution in [0.25, 0.3) is 0 Å². The number of carbonyl (C=O) groups excluding carboxylic acids is 1. The van der Waals surface area contributed by atoms with Crippen LogP contribution in [-0.4, -0.2) is 31.8 Å². The van der Waals surface area contributed by atoms with E-state index in [4.69, 9.17) is 4.74 Å². The Labute approximate surface area is 65.5 Å². The maximum absolute atomic E-state index is 9.99. The van der Waals surface area contributed by atoms with Crippen LogP contribution in [0.3, 0.4) is 0 Å². The van der Waals surface area contributed by atoms with E-state index < -0.39 is 5.97 Å². The molecule has 1 fully saturated rings. The van der Waals surface area contributed by atoms with Crippen molar-refractivity contribution in [3.8, 4) is 0 Å². The lowest BCUT2D eigenvalue weighted by molar-refractivity contribution is -0.310. The van der Waals surface area contributed by atoms with Crippen LogP contribution in [0.4, 0.5) is 0 Å². The number of carbonyl (C=O) groups is 1. The normalized spacial score (nSPS) is 20.0. The highest BCUT2D eigenvalue weighted by molar-refractivity contribution is 5.65. The van der Waals surface area contributed by atoms with Gasteiger partial charge in [-0.05, 0) is 25.9 Å². The van der Waals surface area contributed by atoms with E-state index in [1.54, 1.807) is 0 Å². The number of rotatable bonds is 3. The Morgan fingerprint density at radius 2 is 2.18 bits per heavy atom. The van der Waals surface area contributed by atoms with E-state index >= 15 is 0 Å². The Hall–Kier alpha value is -0.610. The maximum Gasteiger partial charge on any atom is 0.0865 e. The van der Waals surface area contributed by atoms with E-state index in [9.17, 15) is 9.90 Å². The third kappa shape index (κ3) is 3.34. The van der Waals surface area contributed by atoms with Crippen molar-refractivity contribution in [2.45, 2.75) is 18.9 Å². The lowest BCUT2D eigenvalue weighted by atomic mass is 10.1. The Balaban J connectivity index is 2.09. The summed E-state index contributed by atoms with van der Waals surface area (Å²) in [6, 6.07) is 0. The third-order valence-electron chi connectivity index (χ3n) is 1.72. The van der Waals surface area contributed by atoms with Crippen molar-refractivity contribution in [3.05, 3.63) is 0 Å². The minimum atomic E-state index is -1.14. The highest BCUT2D eigenvalue weighted by Crippen LogP contribution is 2.05. The smallest absolute Gasteiger partial charge is 0.0865 e. The second-order valence-electron chi connectivity index (χ2n) is 2.63. The molecule has 1 rings (SSSR count). The van der Waals surface area contributed by atoms with Crippen molar-refractivity contribution < 1.29 is 14.6 Å².